The Morgan fingerprint density at radius 1 is 0.960 bits per heavy atom. The Labute approximate surface area is 146 Å². The average Bonchev–Trinajstić information content (AvgIpc) is 3.15. The zero-order valence-corrected chi connectivity index (χ0v) is 14.1. The number of amides is 2. The number of nitrogens with zero attached hydrogens (tertiary/aromatic N) is 6. The molecule has 1 aliphatic heterocycles. The molecule has 1 aromatic carbocycles. The maximum Gasteiger partial charge on any atom is 0.244 e. The highest BCUT2D eigenvalue weighted by Gasteiger charge is 2.24. The first-order valence-electron chi connectivity index (χ1n) is 8.52. The van der Waals surface area contributed by atoms with Crippen LogP contribution in [0.2, 0.25) is 0 Å². The first kappa shape index (κ1) is 17.1. The molecule has 8 nitrogen and oxygen atoms in total. The predicted octanol–water partition coefficient (Wildman–Crippen LogP) is 0.367. The van der Waals surface area contributed by atoms with Crippen LogP contribution in [0.25, 0.3) is 0 Å². The van der Waals surface area contributed by atoms with E-state index in [0.717, 1.165) is 12.8 Å². The first-order chi connectivity index (χ1) is 12.2. The number of rotatable bonds is 6. The monoisotopic (exact) mass is 342 g/mol. The van der Waals surface area contributed by atoms with Crippen LogP contribution in [0, 0.1) is 0 Å². The number of hydrogen-bond acceptors (Lipinski definition) is 5. The standard InChI is InChI=1S/C17H22N6O2/c24-16(8-4-7-15-5-2-1-3-6-15)21-9-11-22(12-10-21)17(25)13-23-14-18-19-20-23/h1-3,5-6,14H,4,7-13H2. The fraction of sp³-hybridized carbons (Fsp3) is 0.471. The minimum atomic E-state index is -0.0246. The van der Waals surface area contributed by atoms with Gasteiger partial charge in [-0.3, -0.25) is 9.59 Å². The Bertz CT molecular complexity index is 680. The van der Waals surface area contributed by atoms with Crippen molar-refractivity contribution in [2.24, 2.45) is 0 Å². The van der Waals surface area contributed by atoms with Gasteiger partial charge in [-0.25, -0.2) is 4.68 Å². The van der Waals surface area contributed by atoms with Crippen LogP contribution in [0.5, 0.6) is 0 Å². The molecule has 132 valence electrons. The fourth-order valence-corrected chi connectivity index (χ4v) is 2.94. The Morgan fingerprint density at radius 2 is 1.64 bits per heavy atom. The minimum Gasteiger partial charge on any atom is -0.339 e. The van der Waals surface area contributed by atoms with Crippen LogP contribution in [0.4, 0.5) is 0 Å². The highest BCUT2D eigenvalue weighted by atomic mass is 16.2. The maximum atomic E-state index is 12.3. The van der Waals surface area contributed by atoms with Gasteiger partial charge in [-0.05, 0) is 28.8 Å². The molecule has 0 saturated carbocycles. The number of benzene rings is 1. The molecule has 2 aromatic rings. The molecule has 0 aliphatic carbocycles. The molecular weight excluding hydrogens is 320 g/mol. The molecule has 0 atom stereocenters. The van der Waals surface area contributed by atoms with E-state index in [0.29, 0.717) is 32.6 Å². The molecule has 2 amide bonds. The van der Waals surface area contributed by atoms with Crippen LogP contribution in [-0.4, -0.2) is 68.0 Å². The molecule has 3 rings (SSSR count). The van der Waals surface area contributed by atoms with Crippen molar-refractivity contribution in [3.63, 3.8) is 0 Å². The van der Waals surface area contributed by atoms with Crippen molar-refractivity contribution >= 4 is 11.8 Å². The van der Waals surface area contributed by atoms with Gasteiger partial charge < -0.3 is 9.80 Å². The van der Waals surface area contributed by atoms with E-state index < -0.39 is 0 Å². The fourth-order valence-electron chi connectivity index (χ4n) is 2.94. The van der Waals surface area contributed by atoms with Crippen molar-refractivity contribution in [3.05, 3.63) is 42.2 Å². The van der Waals surface area contributed by atoms with Crippen LogP contribution in [-0.2, 0) is 22.6 Å². The van der Waals surface area contributed by atoms with Gasteiger partial charge in [0, 0.05) is 32.6 Å². The molecule has 1 aromatic heterocycles. The summed E-state index contributed by atoms with van der Waals surface area (Å²) in [6, 6.07) is 10.2. The van der Waals surface area contributed by atoms with Crippen LogP contribution in [0.3, 0.4) is 0 Å². The summed E-state index contributed by atoms with van der Waals surface area (Å²) in [6.07, 6.45) is 3.73. The summed E-state index contributed by atoms with van der Waals surface area (Å²) >= 11 is 0. The lowest BCUT2D eigenvalue weighted by Crippen LogP contribution is -2.51. The van der Waals surface area contributed by atoms with E-state index in [2.05, 4.69) is 27.7 Å². The van der Waals surface area contributed by atoms with E-state index in [9.17, 15) is 9.59 Å². The summed E-state index contributed by atoms with van der Waals surface area (Å²) < 4.78 is 1.41. The van der Waals surface area contributed by atoms with Crippen molar-refractivity contribution in [1.82, 2.24) is 30.0 Å². The smallest absolute Gasteiger partial charge is 0.244 e. The largest absolute Gasteiger partial charge is 0.339 e. The van der Waals surface area contributed by atoms with Gasteiger partial charge in [-0.15, -0.1) is 5.10 Å². The summed E-state index contributed by atoms with van der Waals surface area (Å²) in [7, 11) is 0. The molecule has 1 saturated heterocycles. The average molecular weight is 342 g/mol. The second-order valence-corrected chi connectivity index (χ2v) is 6.11. The number of carbonyl (C=O) groups is 2. The van der Waals surface area contributed by atoms with E-state index >= 15 is 0 Å². The molecule has 0 unspecified atom stereocenters. The summed E-state index contributed by atoms with van der Waals surface area (Å²) in [4.78, 5) is 28.1. The Morgan fingerprint density at radius 3 is 2.28 bits per heavy atom. The van der Waals surface area contributed by atoms with Gasteiger partial charge in [-0.1, -0.05) is 30.3 Å². The third-order valence-corrected chi connectivity index (χ3v) is 4.37. The highest BCUT2D eigenvalue weighted by Crippen LogP contribution is 2.09. The molecule has 1 fully saturated rings. The second kappa shape index (κ2) is 8.36. The van der Waals surface area contributed by atoms with Gasteiger partial charge in [0.05, 0.1) is 0 Å². The van der Waals surface area contributed by atoms with E-state index in [-0.39, 0.29) is 18.4 Å². The Hall–Kier alpha value is -2.77. The van der Waals surface area contributed by atoms with Gasteiger partial charge in [0.25, 0.3) is 0 Å². The number of piperazine rings is 1. The summed E-state index contributed by atoms with van der Waals surface area (Å²) in [6.45, 7) is 2.44. The SMILES string of the molecule is O=C(CCCc1ccccc1)N1CCN(C(=O)Cn2cnnn2)CC1. The first-order valence-corrected chi connectivity index (χ1v) is 8.52. The zero-order chi connectivity index (χ0) is 17.5. The molecule has 0 N–H and O–H groups in total. The lowest BCUT2D eigenvalue weighted by atomic mass is 10.1. The van der Waals surface area contributed by atoms with Gasteiger partial charge in [-0.2, -0.15) is 0 Å². The zero-order valence-electron chi connectivity index (χ0n) is 14.1. The van der Waals surface area contributed by atoms with E-state index in [1.165, 1.54) is 16.6 Å². The molecule has 0 spiro atoms. The van der Waals surface area contributed by atoms with Gasteiger partial charge in [0.2, 0.25) is 11.8 Å². The summed E-state index contributed by atoms with van der Waals surface area (Å²) in [5.41, 5.74) is 1.26. The summed E-state index contributed by atoms with van der Waals surface area (Å²) in [5.74, 6) is 0.145. The van der Waals surface area contributed by atoms with Crippen LogP contribution < -0.4 is 0 Å². The molecule has 2 heterocycles. The van der Waals surface area contributed by atoms with E-state index in [4.69, 9.17) is 0 Å². The second-order valence-electron chi connectivity index (χ2n) is 6.11. The summed E-state index contributed by atoms with van der Waals surface area (Å²) in [5, 5.41) is 10.7. The van der Waals surface area contributed by atoms with E-state index in [1.807, 2.05) is 23.1 Å². The molecular formula is C17H22N6O2. The highest BCUT2D eigenvalue weighted by molar-refractivity contribution is 5.78. The van der Waals surface area contributed by atoms with Crippen LogP contribution >= 0.6 is 0 Å². The van der Waals surface area contributed by atoms with Crippen LogP contribution in [0.15, 0.2) is 36.7 Å². The lowest BCUT2D eigenvalue weighted by Gasteiger charge is -2.34. The van der Waals surface area contributed by atoms with Crippen molar-refractivity contribution in [2.45, 2.75) is 25.8 Å². The third-order valence-electron chi connectivity index (χ3n) is 4.37. The Balaban J connectivity index is 1.38. The number of tetrazole rings is 1. The lowest BCUT2D eigenvalue weighted by molar-refractivity contribution is -0.140. The Kier molecular flexibility index (Phi) is 5.71. The topological polar surface area (TPSA) is 84.2 Å². The van der Waals surface area contributed by atoms with Gasteiger partial charge in [0.15, 0.2) is 0 Å². The predicted molar refractivity (Wildman–Crippen MR) is 90.4 cm³/mol. The van der Waals surface area contributed by atoms with Gasteiger partial charge >= 0.3 is 0 Å². The number of aromatic nitrogens is 4. The molecule has 0 bridgehead atoms. The number of aryl methyl sites for hydroxylation is 1. The minimum absolute atomic E-state index is 0.0246. The maximum absolute atomic E-state index is 12.3. The van der Waals surface area contributed by atoms with Crippen molar-refractivity contribution < 1.29 is 9.59 Å². The number of carbonyl (C=O) groups excluding carboxylic acids is 2. The van der Waals surface area contributed by atoms with Crippen LogP contribution in [0.1, 0.15) is 18.4 Å². The number of hydrogen-bond donors (Lipinski definition) is 0. The van der Waals surface area contributed by atoms with E-state index in [1.54, 1.807) is 4.90 Å². The molecule has 0 radical (unpaired) electrons. The van der Waals surface area contributed by atoms with Crippen molar-refractivity contribution in [1.29, 1.82) is 0 Å². The molecule has 25 heavy (non-hydrogen) atoms. The van der Waals surface area contributed by atoms with Crippen molar-refractivity contribution in [2.75, 3.05) is 26.2 Å². The third kappa shape index (κ3) is 4.85. The van der Waals surface area contributed by atoms with Gasteiger partial charge in [0.1, 0.15) is 12.9 Å². The van der Waals surface area contributed by atoms with Crippen molar-refractivity contribution in [3.8, 4) is 0 Å². The molecule has 1 aliphatic rings. The molecule has 8 heteroatoms. The normalized spacial score (nSPS) is 14.6. The quantitative estimate of drug-likeness (QED) is 0.757.